The van der Waals surface area contributed by atoms with E-state index >= 15 is 0 Å². The summed E-state index contributed by atoms with van der Waals surface area (Å²) in [5, 5.41) is 55.2. The maximum Gasteiger partial charge on any atom is 0.200 e. The second kappa shape index (κ2) is 26.5. The number of aliphatic hydroxyl groups excluding tert-OH is 2. The van der Waals surface area contributed by atoms with Crippen molar-refractivity contribution in [3.05, 3.63) is 82.9 Å². The van der Waals surface area contributed by atoms with Crippen molar-refractivity contribution >= 4 is 0 Å². The fourth-order valence-corrected chi connectivity index (χ4v) is 5.08. The lowest BCUT2D eigenvalue weighted by Gasteiger charge is -2.10. The van der Waals surface area contributed by atoms with E-state index in [1.165, 1.54) is 41.1 Å². The molecule has 4 rings (SSSR count). The van der Waals surface area contributed by atoms with Crippen LogP contribution in [0.3, 0.4) is 0 Å². The Labute approximate surface area is 320 Å². The van der Waals surface area contributed by atoms with Crippen LogP contribution in [-0.2, 0) is 25.7 Å². The van der Waals surface area contributed by atoms with Crippen molar-refractivity contribution in [2.75, 3.05) is 55.9 Å². The Morgan fingerprint density at radius 2 is 0.667 bits per heavy atom. The van der Waals surface area contributed by atoms with Crippen LogP contribution in [0.5, 0.6) is 57.5 Å². The molecule has 0 amide bonds. The zero-order chi connectivity index (χ0) is 40.5. The van der Waals surface area contributed by atoms with Gasteiger partial charge < -0.3 is 59.1 Å². The second-order valence-electron chi connectivity index (χ2n) is 11.9. The summed E-state index contributed by atoms with van der Waals surface area (Å²) in [6.07, 6.45) is 7.07. The first-order valence-corrected chi connectivity index (χ1v) is 17.8. The van der Waals surface area contributed by atoms with Gasteiger partial charge in [0.2, 0.25) is 11.5 Å². The molecule has 6 N–H and O–H groups in total. The van der Waals surface area contributed by atoms with Crippen LogP contribution in [0, 0.1) is 0 Å². The standard InChI is InChI=1S/C11H16O4.C11H16O3.C10H14O3.C10H14O2/c1-14-9-6-8(4-3-5-12)7-10(15-2)11(9)13;1-4-5-8-6-9(13-2)11(12)10(7-8)14-3;1-13-10-7-8(3-2-6-11)4-5-9(10)12;1-3-4-8-5-6-9(11)10(7-8)12-2/h6-7,12-13H,3-5H2,1-2H3;6-7,12H,4-5H2,1-3H3;4-5,7,11-12H,2-3,6H2,1H3;5-7,11H,3-4H2,1-2H3. The summed E-state index contributed by atoms with van der Waals surface area (Å²) >= 11 is 0. The molecule has 12 nitrogen and oxygen atoms in total. The van der Waals surface area contributed by atoms with Crippen molar-refractivity contribution in [1.29, 1.82) is 0 Å². The molecule has 0 aliphatic rings. The molecule has 0 fully saturated rings. The minimum absolute atomic E-state index is 0.00717. The summed E-state index contributed by atoms with van der Waals surface area (Å²) in [5.41, 5.74) is 4.34. The number of benzene rings is 4. The number of aliphatic hydroxyl groups is 2. The number of phenolic OH excluding ortho intramolecular Hbond substituents is 4. The highest BCUT2D eigenvalue weighted by Crippen LogP contribution is 2.38. The van der Waals surface area contributed by atoms with Gasteiger partial charge in [0.25, 0.3) is 0 Å². The summed E-state index contributed by atoms with van der Waals surface area (Å²) in [6.45, 7) is 4.56. The number of methoxy groups -OCH3 is 6. The summed E-state index contributed by atoms with van der Waals surface area (Å²) in [5.74, 6) is 3.18. The Morgan fingerprint density at radius 1 is 0.389 bits per heavy atom. The Balaban J connectivity index is 0.000000361. The van der Waals surface area contributed by atoms with Crippen molar-refractivity contribution in [3.63, 3.8) is 0 Å². The summed E-state index contributed by atoms with van der Waals surface area (Å²) < 4.78 is 30.1. The van der Waals surface area contributed by atoms with E-state index in [2.05, 4.69) is 13.8 Å². The van der Waals surface area contributed by atoms with E-state index in [1.54, 1.807) is 37.4 Å². The molecule has 0 saturated carbocycles. The molecule has 0 spiro atoms. The van der Waals surface area contributed by atoms with Crippen LogP contribution in [0.1, 0.15) is 61.8 Å². The zero-order valence-corrected chi connectivity index (χ0v) is 33.0. The van der Waals surface area contributed by atoms with Crippen LogP contribution in [0.4, 0.5) is 0 Å². The molecule has 0 aliphatic carbocycles. The third-order valence-corrected chi connectivity index (χ3v) is 7.89. The van der Waals surface area contributed by atoms with E-state index in [0.29, 0.717) is 40.9 Å². The number of rotatable bonds is 16. The molecule has 0 radical (unpaired) electrons. The van der Waals surface area contributed by atoms with Crippen LogP contribution in [0.15, 0.2) is 60.7 Å². The van der Waals surface area contributed by atoms with Crippen LogP contribution in [0.25, 0.3) is 0 Å². The van der Waals surface area contributed by atoms with Gasteiger partial charge in [0.1, 0.15) is 0 Å². The number of aryl methyl sites for hydroxylation is 4. The molecule has 0 unspecified atom stereocenters. The smallest absolute Gasteiger partial charge is 0.200 e. The fourth-order valence-electron chi connectivity index (χ4n) is 5.08. The quantitative estimate of drug-likeness (QED) is 0.0670. The Kier molecular flexibility index (Phi) is 23.0. The molecular formula is C42H60O12. The normalized spacial score (nSPS) is 9.96. The van der Waals surface area contributed by atoms with Crippen LogP contribution < -0.4 is 28.4 Å². The molecular weight excluding hydrogens is 696 g/mol. The maximum atomic E-state index is 9.64. The minimum atomic E-state index is 0.00717. The van der Waals surface area contributed by atoms with Crippen LogP contribution >= 0.6 is 0 Å². The molecule has 0 aromatic heterocycles. The first kappa shape index (κ1) is 46.8. The predicted octanol–water partition coefficient (Wildman–Crippen LogP) is 7.38. The lowest BCUT2D eigenvalue weighted by molar-refractivity contribution is 0.288. The molecule has 4 aromatic rings. The molecule has 12 heteroatoms. The SMILES string of the molecule is CCCc1cc(OC)c(O)c(OC)c1.CCCc1ccc(O)c(OC)c1.COc1cc(CCCO)cc(OC)c1O.COc1cc(CCCO)ccc1O. The van der Waals surface area contributed by atoms with Crippen molar-refractivity contribution in [1.82, 2.24) is 0 Å². The Morgan fingerprint density at radius 3 is 0.981 bits per heavy atom. The van der Waals surface area contributed by atoms with Gasteiger partial charge in [0.05, 0.1) is 42.7 Å². The van der Waals surface area contributed by atoms with E-state index < -0.39 is 0 Å². The van der Waals surface area contributed by atoms with Gasteiger partial charge in [-0.3, -0.25) is 0 Å². The molecule has 0 bridgehead atoms. The zero-order valence-electron chi connectivity index (χ0n) is 33.0. The van der Waals surface area contributed by atoms with Crippen molar-refractivity contribution < 1.29 is 59.1 Å². The lowest BCUT2D eigenvalue weighted by Crippen LogP contribution is -1.94. The molecule has 0 saturated heterocycles. The Hall–Kier alpha value is -5.20. The van der Waals surface area contributed by atoms with Crippen molar-refractivity contribution in [2.24, 2.45) is 0 Å². The highest BCUT2D eigenvalue weighted by molar-refractivity contribution is 5.53. The number of hydrogen-bond acceptors (Lipinski definition) is 12. The van der Waals surface area contributed by atoms with Gasteiger partial charge in [-0.15, -0.1) is 0 Å². The fraction of sp³-hybridized carbons (Fsp3) is 0.429. The van der Waals surface area contributed by atoms with E-state index in [9.17, 15) is 20.4 Å². The van der Waals surface area contributed by atoms with E-state index in [1.807, 2.05) is 30.3 Å². The van der Waals surface area contributed by atoms with Gasteiger partial charge in [0.15, 0.2) is 46.0 Å². The van der Waals surface area contributed by atoms with Gasteiger partial charge in [-0.1, -0.05) is 38.8 Å². The highest BCUT2D eigenvalue weighted by Gasteiger charge is 2.12. The first-order valence-electron chi connectivity index (χ1n) is 17.8. The molecule has 54 heavy (non-hydrogen) atoms. The molecule has 4 aromatic carbocycles. The molecule has 0 atom stereocenters. The van der Waals surface area contributed by atoms with E-state index in [4.69, 9.17) is 38.6 Å². The molecule has 0 heterocycles. The average molecular weight is 757 g/mol. The largest absolute Gasteiger partial charge is 0.504 e. The van der Waals surface area contributed by atoms with E-state index in [-0.39, 0.29) is 36.2 Å². The van der Waals surface area contributed by atoms with Crippen LogP contribution in [0.2, 0.25) is 0 Å². The van der Waals surface area contributed by atoms with Gasteiger partial charge in [0, 0.05) is 13.2 Å². The molecule has 0 aliphatic heterocycles. The lowest BCUT2D eigenvalue weighted by atomic mass is 10.1. The van der Waals surface area contributed by atoms with Crippen molar-refractivity contribution in [3.8, 4) is 57.5 Å². The minimum Gasteiger partial charge on any atom is -0.504 e. The Bertz CT molecular complexity index is 1590. The van der Waals surface area contributed by atoms with Gasteiger partial charge >= 0.3 is 0 Å². The monoisotopic (exact) mass is 756 g/mol. The average Bonchev–Trinajstić information content (AvgIpc) is 3.19. The number of ether oxygens (including phenoxy) is 6. The van der Waals surface area contributed by atoms with Crippen molar-refractivity contribution in [2.45, 2.75) is 65.2 Å². The van der Waals surface area contributed by atoms with Gasteiger partial charge in [-0.05, 0) is 109 Å². The second-order valence-corrected chi connectivity index (χ2v) is 11.9. The van der Waals surface area contributed by atoms with E-state index in [0.717, 1.165) is 61.6 Å². The summed E-state index contributed by atoms with van der Waals surface area (Å²) in [6, 6.07) is 17.8. The van der Waals surface area contributed by atoms with Gasteiger partial charge in [-0.2, -0.15) is 0 Å². The first-order chi connectivity index (χ1) is 26.0. The van der Waals surface area contributed by atoms with Crippen LogP contribution in [-0.4, -0.2) is 86.5 Å². The number of aromatic hydroxyl groups is 4. The maximum absolute atomic E-state index is 9.64. The topological polar surface area (TPSA) is 177 Å². The molecule has 300 valence electrons. The third kappa shape index (κ3) is 15.8. The third-order valence-electron chi connectivity index (χ3n) is 7.89. The summed E-state index contributed by atoms with van der Waals surface area (Å²) in [7, 11) is 9.12. The van der Waals surface area contributed by atoms with Gasteiger partial charge in [-0.25, -0.2) is 0 Å². The number of hydrogen-bond donors (Lipinski definition) is 6. The predicted molar refractivity (Wildman–Crippen MR) is 211 cm³/mol. The number of phenols is 4. The summed E-state index contributed by atoms with van der Waals surface area (Å²) in [4.78, 5) is 0. The highest BCUT2D eigenvalue weighted by atomic mass is 16.5.